The van der Waals surface area contributed by atoms with Gasteiger partial charge < -0.3 is 59.9 Å². The van der Waals surface area contributed by atoms with Crippen LogP contribution in [0.1, 0.15) is 51.7 Å². The van der Waals surface area contributed by atoms with Crippen molar-refractivity contribution >= 4 is 120 Å². The van der Waals surface area contributed by atoms with Crippen molar-refractivity contribution < 1.29 is 18.2 Å². The minimum Gasteiger partial charge on any atom is -0.467 e. The number of carbonyl (C=O) groups is 1. The molecule has 13 rings (SSSR count). The number of nitrogens with zero attached hydrogens (tertiary/aromatic N) is 13. The van der Waals surface area contributed by atoms with Crippen molar-refractivity contribution in [3.05, 3.63) is 154 Å². The van der Waals surface area contributed by atoms with E-state index in [4.69, 9.17) is 59.8 Å². The van der Waals surface area contributed by atoms with Crippen molar-refractivity contribution in [2.45, 2.75) is 45.6 Å². The Kier molecular flexibility index (Phi) is 17.2. The molecular formula is C49H46Cl4N22O4. The van der Waals surface area contributed by atoms with Crippen LogP contribution >= 0.6 is 46.4 Å². The van der Waals surface area contributed by atoms with Gasteiger partial charge in [0.15, 0.2) is 17.2 Å². The molecule has 12 aromatic rings. The van der Waals surface area contributed by atoms with Crippen molar-refractivity contribution in [2.24, 2.45) is 0 Å². The van der Waals surface area contributed by atoms with E-state index in [1.165, 1.54) is 24.7 Å². The Hall–Kier alpha value is -8.95. The molecule has 0 bridgehead atoms. The second-order valence-corrected chi connectivity index (χ2v) is 18.4. The molecule has 0 spiro atoms. The first-order chi connectivity index (χ1) is 38.6. The van der Waals surface area contributed by atoms with E-state index in [2.05, 4.69) is 112 Å². The zero-order valence-electron chi connectivity index (χ0n) is 41.6. The largest absolute Gasteiger partial charge is 0.467 e. The van der Waals surface area contributed by atoms with Crippen LogP contribution in [0, 0.1) is 0 Å². The summed E-state index contributed by atoms with van der Waals surface area (Å²) in [6.07, 6.45) is 15.9. The van der Waals surface area contributed by atoms with Gasteiger partial charge in [-0.15, -0.1) is 0 Å². The van der Waals surface area contributed by atoms with Gasteiger partial charge in [0.05, 0.1) is 78.6 Å². The molecule has 1 aliphatic rings. The predicted octanol–water partition coefficient (Wildman–Crippen LogP) is 9.21. The number of aromatic nitrogens is 16. The molecule has 1 saturated heterocycles. The number of anilines is 4. The summed E-state index contributed by atoms with van der Waals surface area (Å²) < 4.78 is 15.6. The average Bonchev–Trinajstić information content (AvgIpc) is 4.34. The molecule has 0 aromatic carbocycles. The predicted molar refractivity (Wildman–Crippen MR) is 297 cm³/mol. The van der Waals surface area contributed by atoms with E-state index in [0.29, 0.717) is 82.8 Å². The number of carbonyl (C=O) groups excluding carboxylic acids is 1. The van der Waals surface area contributed by atoms with Crippen molar-refractivity contribution in [1.82, 2.24) is 90.4 Å². The number of likely N-dealkylation sites (tertiary alicyclic amines) is 1. The molecule has 9 N–H and O–H groups in total. The van der Waals surface area contributed by atoms with Crippen molar-refractivity contribution in [3.8, 4) is 0 Å². The average molecular weight is 1150 g/mol. The lowest BCUT2D eigenvalue weighted by atomic mass is 10.2. The number of hydrogen-bond donors (Lipinski definition) is 9. The molecule has 30 heteroatoms. The molecule has 0 atom stereocenters. The van der Waals surface area contributed by atoms with Crippen molar-refractivity contribution in [1.29, 1.82) is 0 Å². The molecule has 0 saturated carbocycles. The number of H-pyrrole nitrogens is 4. The quantitative estimate of drug-likeness (QED) is 0.0432. The molecule has 79 heavy (non-hydrogen) atoms. The van der Waals surface area contributed by atoms with Gasteiger partial charge >= 0.3 is 0 Å². The van der Waals surface area contributed by atoms with Gasteiger partial charge in [0.1, 0.15) is 51.4 Å². The second-order valence-electron chi connectivity index (χ2n) is 17.0. The summed E-state index contributed by atoms with van der Waals surface area (Å²) in [7, 11) is 1.56. The zero-order chi connectivity index (χ0) is 54.5. The number of hydrogen-bond acceptors (Lipinski definition) is 21. The summed E-state index contributed by atoms with van der Waals surface area (Å²) in [5, 5.41) is 29.8. The van der Waals surface area contributed by atoms with E-state index in [-0.39, 0.29) is 27.0 Å². The minimum atomic E-state index is -0.228. The van der Waals surface area contributed by atoms with E-state index < -0.39 is 0 Å². The summed E-state index contributed by atoms with van der Waals surface area (Å²) >= 11 is 23.6. The van der Waals surface area contributed by atoms with Crippen LogP contribution < -0.4 is 26.6 Å². The maximum absolute atomic E-state index is 11.9. The highest BCUT2D eigenvalue weighted by Crippen LogP contribution is 2.29. The fraction of sp³-hybridized carbons (Fsp3) is 0.204. The molecule has 0 radical (unpaired) electrons. The number of nitrogens with one attached hydrogen (secondary N) is 9. The van der Waals surface area contributed by atoms with Gasteiger partial charge in [0, 0.05) is 44.4 Å². The Morgan fingerprint density at radius 2 is 1.27 bits per heavy atom. The van der Waals surface area contributed by atoms with Crippen molar-refractivity contribution in [3.63, 3.8) is 0 Å². The van der Waals surface area contributed by atoms with Crippen LogP contribution in [0.3, 0.4) is 0 Å². The lowest BCUT2D eigenvalue weighted by molar-refractivity contribution is 0.0964. The zero-order valence-corrected chi connectivity index (χ0v) is 44.6. The fourth-order valence-corrected chi connectivity index (χ4v) is 8.88. The number of imidazole rings is 1. The van der Waals surface area contributed by atoms with E-state index in [1.54, 1.807) is 56.5 Å². The van der Waals surface area contributed by atoms with E-state index >= 15 is 0 Å². The molecule has 13 heterocycles. The molecule has 0 unspecified atom stereocenters. The SMILES string of the molecule is CNC(=O)c1c[nH]c2nc(Cl)nc(NCc3ccco3)c12.Clc1nc(NCc2cccnn2)c2cc[nH]c2n1.Clc1nc(NCc2ccco2)c2c(CN3CCCC3)c[nH]c2n1.Clc1nc(NCc2ccno2)c2[nH]cnc2n1. The van der Waals surface area contributed by atoms with Gasteiger partial charge in [-0.3, -0.25) is 9.69 Å². The van der Waals surface area contributed by atoms with Gasteiger partial charge in [-0.1, -0.05) is 5.16 Å². The lowest BCUT2D eigenvalue weighted by Crippen LogP contribution is -2.18. The number of halogens is 4. The molecule has 26 nitrogen and oxygen atoms in total. The third kappa shape index (κ3) is 13.6. The summed E-state index contributed by atoms with van der Waals surface area (Å²) in [6, 6.07) is 14.8. The molecule has 12 aromatic heterocycles. The normalized spacial score (nSPS) is 12.2. The molecule has 1 amide bonds. The van der Waals surface area contributed by atoms with Crippen LogP contribution in [0.15, 0.2) is 112 Å². The molecule has 1 fully saturated rings. The topological polar surface area (TPSA) is 338 Å². The first-order valence-corrected chi connectivity index (χ1v) is 25.7. The highest BCUT2D eigenvalue weighted by molar-refractivity contribution is 6.30. The Balaban J connectivity index is 0.000000120. The minimum absolute atomic E-state index is 0.0924. The standard InChI is InChI=1S/C16H18ClN5O.C13H12ClN5O2.C11H9ClN6.C9H7ClN6O/c17-16-20-14-13(11(8-18-14)10-22-5-1-2-6-22)15(21-16)19-9-12-4-3-7-23-12;1-15-12(20)8-6-17-11-9(8)10(18-13(14)19-11)16-5-7-3-2-4-21-7;12-11-16-9-8(3-5-13-9)10(17-11)14-6-7-2-1-4-15-18-7;10-9-15-7(6-8(16-9)13-4-12-6)11-3-5-1-2-14-17-5/h3-4,7-8H,1-2,5-6,9-10H2,(H2,18,19,20,21);2-4,6H,5H2,1H3,(H,15,20)(H2,16,17,18,19);1-5H,6H2,(H2,13,14,16,17);1-2,4H,3H2,(H2,11,12,13,15,16). The number of furan rings is 2. The van der Waals surface area contributed by atoms with Crippen molar-refractivity contribution in [2.75, 3.05) is 41.4 Å². The monoisotopic (exact) mass is 1150 g/mol. The van der Waals surface area contributed by atoms with Gasteiger partial charge in [-0.05, 0) is 120 Å². The van der Waals surface area contributed by atoms with Crippen LogP contribution in [-0.2, 0) is 32.7 Å². The van der Waals surface area contributed by atoms with Crippen LogP contribution in [0.25, 0.3) is 44.3 Å². The molecule has 1 aliphatic heterocycles. The highest BCUT2D eigenvalue weighted by atomic mass is 35.5. The van der Waals surface area contributed by atoms with Gasteiger partial charge in [-0.25, -0.2) is 19.9 Å². The number of rotatable bonds is 15. The van der Waals surface area contributed by atoms with Gasteiger partial charge in [0.2, 0.25) is 21.1 Å². The Labute approximate surface area is 466 Å². The summed E-state index contributed by atoms with van der Waals surface area (Å²) in [6.45, 7) is 5.17. The van der Waals surface area contributed by atoms with E-state index in [9.17, 15) is 4.79 Å². The van der Waals surface area contributed by atoms with Crippen LogP contribution in [-0.4, -0.2) is 111 Å². The summed E-state index contributed by atoms with van der Waals surface area (Å²) in [5.74, 6) is 4.54. The number of aromatic amines is 4. The van der Waals surface area contributed by atoms with E-state index in [1.807, 2.05) is 42.6 Å². The summed E-state index contributed by atoms with van der Waals surface area (Å²) in [5.41, 5.74) is 5.66. The van der Waals surface area contributed by atoms with Gasteiger partial charge in [0.25, 0.3) is 5.91 Å². The third-order valence-electron chi connectivity index (χ3n) is 11.8. The summed E-state index contributed by atoms with van der Waals surface area (Å²) in [4.78, 5) is 63.6. The first-order valence-electron chi connectivity index (χ1n) is 24.2. The lowest BCUT2D eigenvalue weighted by Gasteiger charge is -2.14. The Morgan fingerprint density at radius 1 is 0.633 bits per heavy atom. The molecule has 404 valence electrons. The highest BCUT2D eigenvalue weighted by Gasteiger charge is 2.20. The molecular weight excluding hydrogens is 1100 g/mol. The Bertz CT molecular complexity index is 3880. The third-order valence-corrected chi connectivity index (χ3v) is 12.5. The smallest absolute Gasteiger partial charge is 0.253 e. The van der Waals surface area contributed by atoms with Gasteiger partial charge in [-0.2, -0.15) is 35.1 Å². The number of amides is 1. The Morgan fingerprint density at radius 3 is 1.94 bits per heavy atom. The maximum Gasteiger partial charge on any atom is 0.253 e. The molecule has 0 aliphatic carbocycles. The van der Waals surface area contributed by atoms with Crippen LogP contribution in [0.2, 0.25) is 21.1 Å². The fourth-order valence-electron chi connectivity index (χ4n) is 8.21. The second kappa shape index (κ2) is 25.5. The maximum atomic E-state index is 11.9. The van der Waals surface area contributed by atoms with Crippen LogP contribution in [0.5, 0.6) is 0 Å². The van der Waals surface area contributed by atoms with E-state index in [0.717, 1.165) is 59.1 Å². The van der Waals surface area contributed by atoms with Crippen LogP contribution in [0.4, 0.5) is 23.3 Å². The first kappa shape index (κ1) is 53.4. The number of fused-ring (bicyclic) bond motifs is 4.